The summed E-state index contributed by atoms with van der Waals surface area (Å²) >= 11 is 10.8. The molecule has 0 amide bonds. The summed E-state index contributed by atoms with van der Waals surface area (Å²) in [6, 6.07) is 16.1. The van der Waals surface area contributed by atoms with E-state index in [1.807, 2.05) is 36.4 Å². The molecule has 0 saturated carbocycles. The topological polar surface area (TPSA) is 56.0 Å². The standard InChI is InChI=1S/C20H10ClN5S3/c21-12-7-5-11(6-8-12)13-9-27-17-16(13)18(23-10-22-17)29-20-25-24-19-26(20)14-3-1-2-4-15(14)28-19/h1-10H. The second kappa shape index (κ2) is 6.77. The van der Waals surface area contributed by atoms with E-state index in [0.717, 1.165) is 42.0 Å². The van der Waals surface area contributed by atoms with Crippen molar-refractivity contribution >= 4 is 71.4 Å². The first-order valence-electron chi connectivity index (χ1n) is 8.66. The van der Waals surface area contributed by atoms with Gasteiger partial charge in [-0.15, -0.1) is 21.5 Å². The number of thiophene rings is 1. The van der Waals surface area contributed by atoms with Crippen molar-refractivity contribution < 1.29 is 0 Å². The fourth-order valence-electron chi connectivity index (χ4n) is 3.27. The van der Waals surface area contributed by atoms with Crippen molar-refractivity contribution in [2.75, 3.05) is 0 Å². The predicted molar refractivity (Wildman–Crippen MR) is 120 cm³/mol. The minimum Gasteiger partial charge on any atom is -0.260 e. The maximum Gasteiger partial charge on any atom is 0.217 e. The Morgan fingerprint density at radius 3 is 2.72 bits per heavy atom. The third-order valence-electron chi connectivity index (χ3n) is 4.59. The van der Waals surface area contributed by atoms with Gasteiger partial charge < -0.3 is 0 Å². The summed E-state index contributed by atoms with van der Waals surface area (Å²) in [5.41, 5.74) is 3.29. The van der Waals surface area contributed by atoms with E-state index in [1.165, 1.54) is 16.5 Å². The van der Waals surface area contributed by atoms with E-state index in [-0.39, 0.29) is 0 Å². The number of halogens is 1. The Balaban J connectivity index is 1.53. The number of thiazole rings is 1. The molecule has 0 fully saturated rings. The van der Waals surface area contributed by atoms with E-state index >= 15 is 0 Å². The lowest BCUT2D eigenvalue weighted by atomic mass is 10.1. The summed E-state index contributed by atoms with van der Waals surface area (Å²) in [6.45, 7) is 0. The molecule has 0 N–H and O–H groups in total. The minimum atomic E-state index is 0.717. The molecule has 0 radical (unpaired) electrons. The highest BCUT2D eigenvalue weighted by atomic mass is 35.5. The Morgan fingerprint density at radius 2 is 1.83 bits per heavy atom. The largest absolute Gasteiger partial charge is 0.260 e. The van der Waals surface area contributed by atoms with Crippen molar-refractivity contribution in [3.05, 3.63) is 65.3 Å². The van der Waals surface area contributed by atoms with Crippen LogP contribution in [0.5, 0.6) is 0 Å². The number of aromatic nitrogens is 5. The number of fused-ring (bicyclic) bond motifs is 4. The van der Waals surface area contributed by atoms with Crippen LogP contribution >= 0.6 is 46.0 Å². The van der Waals surface area contributed by atoms with Crippen molar-refractivity contribution in [3.63, 3.8) is 0 Å². The maximum atomic E-state index is 6.07. The Hall–Kier alpha value is -2.52. The first-order chi connectivity index (χ1) is 14.3. The van der Waals surface area contributed by atoms with Gasteiger partial charge in [-0.25, -0.2) is 9.97 Å². The molecule has 4 aromatic heterocycles. The molecule has 2 aromatic carbocycles. The molecule has 5 nitrogen and oxygen atoms in total. The average Bonchev–Trinajstić information content (AvgIpc) is 3.43. The van der Waals surface area contributed by atoms with Crippen molar-refractivity contribution in [1.29, 1.82) is 0 Å². The maximum absolute atomic E-state index is 6.07. The molecule has 140 valence electrons. The van der Waals surface area contributed by atoms with Crippen molar-refractivity contribution in [2.45, 2.75) is 10.2 Å². The van der Waals surface area contributed by atoms with Crippen LogP contribution in [0.25, 0.3) is 36.5 Å². The number of nitrogens with zero attached hydrogens (tertiary/aromatic N) is 5. The molecule has 9 heteroatoms. The van der Waals surface area contributed by atoms with Crippen LogP contribution in [0.3, 0.4) is 0 Å². The minimum absolute atomic E-state index is 0.717. The molecule has 0 saturated heterocycles. The van der Waals surface area contributed by atoms with Crippen LogP contribution in [-0.2, 0) is 0 Å². The monoisotopic (exact) mass is 451 g/mol. The van der Waals surface area contributed by atoms with Gasteiger partial charge >= 0.3 is 0 Å². The van der Waals surface area contributed by atoms with Gasteiger partial charge in [0.2, 0.25) is 10.1 Å². The molecular weight excluding hydrogens is 442 g/mol. The first kappa shape index (κ1) is 17.3. The summed E-state index contributed by atoms with van der Waals surface area (Å²) in [5, 5.41) is 14.3. The summed E-state index contributed by atoms with van der Waals surface area (Å²) < 4.78 is 3.27. The zero-order chi connectivity index (χ0) is 19.4. The highest BCUT2D eigenvalue weighted by Gasteiger charge is 2.18. The molecule has 0 atom stereocenters. The molecule has 0 spiro atoms. The fourth-order valence-corrected chi connectivity index (χ4v) is 6.34. The fraction of sp³-hybridized carbons (Fsp3) is 0. The lowest BCUT2D eigenvalue weighted by Crippen LogP contribution is -1.89. The van der Waals surface area contributed by atoms with E-state index in [4.69, 9.17) is 11.6 Å². The Morgan fingerprint density at radius 1 is 0.966 bits per heavy atom. The summed E-state index contributed by atoms with van der Waals surface area (Å²) in [6.07, 6.45) is 1.61. The van der Waals surface area contributed by atoms with Crippen molar-refractivity contribution in [3.8, 4) is 11.1 Å². The Kier molecular flexibility index (Phi) is 4.05. The number of hydrogen-bond donors (Lipinski definition) is 0. The van der Waals surface area contributed by atoms with Gasteiger partial charge in [0.05, 0.1) is 15.6 Å². The molecule has 6 aromatic rings. The first-order valence-corrected chi connectivity index (χ1v) is 11.6. The predicted octanol–water partition coefficient (Wildman–Crippen LogP) is 6.42. The summed E-state index contributed by atoms with van der Waals surface area (Å²) in [4.78, 5) is 10.9. The highest BCUT2D eigenvalue weighted by molar-refractivity contribution is 7.99. The second-order valence-electron chi connectivity index (χ2n) is 6.29. The van der Waals surface area contributed by atoms with Gasteiger partial charge in [0.15, 0.2) is 0 Å². The van der Waals surface area contributed by atoms with Crippen LogP contribution < -0.4 is 0 Å². The van der Waals surface area contributed by atoms with Crippen molar-refractivity contribution in [2.24, 2.45) is 0 Å². The van der Waals surface area contributed by atoms with Crippen LogP contribution in [0.1, 0.15) is 0 Å². The van der Waals surface area contributed by atoms with Gasteiger partial charge in [-0.3, -0.25) is 4.40 Å². The Labute approximate surface area is 182 Å². The molecule has 0 unspecified atom stereocenters. The molecule has 6 rings (SSSR count). The number of rotatable bonds is 3. The average molecular weight is 452 g/mol. The number of hydrogen-bond acceptors (Lipinski definition) is 7. The van der Waals surface area contributed by atoms with Gasteiger partial charge in [0.1, 0.15) is 16.2 Å². The van der Waals surface area contributed by atoms with Crippen LogP contribution in [-0.4, -0.2) is 24.6 Å². The number of para-hydroxylation sites is 1. The van der Waals surface area contributed by atoms with E-state index in [2.05, 4.69) is 42.1 Å². The van der Waals surface area contributed by atoms with Crippen molar-refractivity contribution in [1.82, 2.24) is 24.6 Å². The van der Waals surface area contributed by atoms with Crippen LogP contribution in [0.2, 0.25) is 5.02 Å². The van der Waals surface area contributed by atoms with E-state index in [1.54, 1.807) is 29.0 Å². The quantitative estimate of drug-likeness (QED) is 0.290. The normalized spacial score (nSPS) is 11.8. The number of benzene rings is 2. The molecule has 0 bridgehead atoms. The molecule has 0 aliphatic rings. The third-order valence-corrected chi connectivity index (χ3v) is 7.69. The van der Waals surface area contributed by atoms with E-state index in [9.17, 15) is 0 Å². The van der Waals surface area contributed by atoms with Crippen LogP contribution in [0.4, 0.5) is 0 Å². The zero-order valence-electron chi connectivity index (χ0n) is 14.6. The van der Waals surface area contributed by atoms with Gasteiger partial charge in [-0.1, -0.05) is 47.2 Å². The van der Waals surface area contributed by atoms with Crippen LogP contribution in [0.15, 0.2) is 70.4 Å². The van der Waals surface area contributed by atoms with E-state index in [0.29, 0.717) is 5.02 Å². The SMILES string of the molecule is Clc1ccc(-c2csc3ncnc(Sc4nnc5sc6ccccc6n45)c23)cc1. The lowest BCUT2D eigenvalue weighted by Gasteiger charge is -2.04. The second-order valence-corrected chi connectivity index (χ2v) is 9.55. The lowest BCUT2D eigenvalue weighted by molar-refractivity contribution is 0.936. The van der Waals surface area contributed by atoms with Gasteiger partial charge in [0.25, 0.3) is 0 Å². The zero-order valence-corrected chi connectivity index (χ0v) is 17.8. The van der Waals surface area contributed by atoms with Crippen LogP contribution in [0, 0.1) is 0 Å². The summed E-state index contributed by atoms with van der Waals surface area (Å²) in [5.74, 6) is 0. The smallest absolute Gasteiger partial charge is 0.217 e. The van der Waals surface area contributed by atoms with Gasteiger partial charge in [-0.05, 0) is 41.6 Å². The molecular formula is C20H10ClN5S3. The molecule has 29 heavy (non-hydrogen) atoms. The van der Waals surface area contributed by atoms with Gasteiger partial charge in [0, 0.05) is 16.0 Å². The van der Waals surface area contributed by atoms with E-state index < -0.39 is 0 Å². The molecule has 4 heterocycles. The highest BCUT2D eigenvalue weighted by Crippen LogP contribution is 2.40. The molecule has 0 aliphatic heterocycles. The Bertz CT molecular complexity index is 1500. The third kappa shape index (κ3) is 2.83. The van der Waals surface area contributed by atoms with Gasteiger partial charge in [-0.2, -0.15) is 0 Å². The summed E-state index contributed by atoms with van der Waals surface area (Å²) in [7, 11) is 0. The molecule has 0 aliphatic carbocycles.